The van der Waals surface area contributed by atoms with E-state index in [0.717, 1.165) is 11.3 Å². The lowest BCUT2D eigenvalue weighted by Gasteiger charge is -2.32. The molecule has 6 heteroatoms. The lowest BCUT2D eigenvalue weighted by atomic mass is 9.90. The molecule has 4 nitrogen and oxygen atoms in total. The minimum atomic E-state index is -2.73. The van der Waals surface area contributed by atoms with Gasteiger partial charge in [0.05, 0.1) is 18.2 Å². The molecule has 0 bridgehead atoms. The molecule has 0 saturated carbocycles. The molecule has 1 aromatic heterocycles. The zero-order chi connectivity index (χ0) is 17.1. The van der Waals surface area contributed by atoms with Crippen LogP contribution in [0.4, 0.5) is 8.78 Å². The highest BCUT2D eigenvalue weighted by Gasteiger charge is 2.40. The van der Waals surface area contributed by atoms with Gasteiger partial charge in [-0.25, -0.2) is 8.78 Å². The molecule has 1 amide bonds. The number of aromatic nitrogens is 1. The van der Waals surface area contributed by atoms with Gasteiger partial charge in [0.2, 0.25) is 5.91 Å². The first-order chi connectivity index (χ1) is 11.5. The second kappa shape index (κ2) is 6.95. The van der Waals surface area contributed by atoms with Crippen molar-refractivity contribution in [2.45, 2.75) is 32.4 Å². The number of ether oxygens (including phenoxy) is 1. The Kier molecular flexibility index (Phi) is 4.74. The molecule has 0 saturated heterocycles. The molecule has 1 aliphatic rings. The molecule has 2 heterocycles. The number of halogens is 2. The average molecular weight is 332 g/mol. The van der Waals surface area contributed by atoms with Crippen molar-refractivity contribution < 1.29 is 18.3 Å². The van der Waals surface area contributed by atoms with Crippen LogP contribution in [0.2, 0.25) is 0 Å². The van der Waals surface area contributed by atoms with E-state index in [-0.39, 0.29) is 13.0 Å². The number of hydrogen-bond acceptors (Lipinski definition) is 3. The van der Waals surface area contributed by atoms with E-state index in [1.54, 1.807) is 30.3 Å². The number of aryl methyl sites for hydroxylation is 1. The van der Waals surface area contributed by atoms with Crippen molar-refractivity contribution in [1.29, 1.82) is 0 Å². The fourth-order valence-corrected chi connectivity index (χ4v) is 2.84. The predicted octanol–water partition coefficient (Wildman–Crippen LogP) is 2.89. The molecular weight excluding hydrogens is 314 g/mol. The molecule has 1 N–H and O–H groups in total. The maximum Gasteiger partial charge on any atom is 0.275 e. The number of fused-ring (bicyclic) bond motifs is 1. The molecular formula is C18H18F2N2O2. The Bertz CT molecular complexity index is 736. The Labute approximate surface area is 138 Å². The Morgan fingerprint density at radius 2 is 2.08 bits per heavy atom. The normalized spacial score (nSPS) is 19.5. The highest BCUT2D eigenvalue weighted by molar-refractivity contribution is 5.80. The van der Waals surface area contributed by atoms with E-state index in [0.29, 0.717) is 11.4 Å². The summed E-state index contributed by atoms with van der Waals surface area (Å²) in [4.78, 5) is 16.7. The summed E-state index contributed by atoms with van der Waals surface area (Å²) in [6.45, 7) is 2.05. The van der Waals surface area contributed by atoms with E-state index >= 15 is 0 Å². The van der Waals surface area contributed by atoms with Gasteiger partial charge in [0, 0.05) is 5.69 Å². The van der Waals surface area contributed by atoms with Crippen LogP contribution in [0.5, 0.6) is 5.75 Å². The molecule has 2 aromatic rings. The van der Waals surface area contributed by atoms with Gasteiger partial charge in [0.15, 0.2) is 6.10 Å². The molecule has 3 rings (SSSR count). The summed E-state index contributed by atoms with van der Waals surface area (Å²) in [6.07, 6.45) is -3.94. The highest BCUT2D eigenvalue weighted by Crippen LogP contribution is 2.33. The Balaban J connectivity index is 1.72. The zero-order valence-electron chi connectivity index (χ0n) is 13.2. The molecule has 1 aliphatic heterocycles. The number of nitrogens with one attached hydrogen (secondary N) is 1. The first-order valence-corrected chi connectivity index (χ1v) is 7.77. The smallest absolute Gasteiger partial charge is 0.275 e. The second-order valence-corrected chi connectivity index (χ2v) is 5.82. The van der Waals surface area contributed by atoms with Gasteiger partial charge in [-0.15, -0.1) is 0 Å². The van der Waals surface area contributed by atoms with Crippen LogP contribution in [0, 0.1) is 12.8 Å². The van der Waals surface area contributed by atoms with E-state index in [1.165, 1.54) is 0 Å². The van der Waals surface area contributed by atoms with Crippen LogP contribution in [0.1, 0.15) is 17.0 Å². The molecule has 24 heavy (non-hydrogen) atoms. The summed E-state index contributed by atoms with van der Waals surface area (Å²) in [6, 6.07) is 12.4. The van der Waals surface area contributed by atoms with E-state index < -0.39 is 24.4 Å². The minimum absolute atomic E-state index is 0.203. The number of carbonyl (C=O) groups excluding carboxylic acids is 1. The third kappa shape index (κ3) is 3.53. The largest absolute Gasteiger partial charge is 0.483 e. The van der Waals surface area contributed by atoms with Crippen LogP contribution in [-0.2, 0) is 17.8 Å². The fraction of sp³-hybridized carbons (Fsp3) is 0.333. The number of nitrogens with zero attached hydrogens (tertiary/aromatic N) is 1. The number of pyridine rings is 1. The SMILES string of the molecule is Cc1cccc(CNC(=O)[C@@H]2Cc3ccccc3O[C@H]2C(F)F)n1. The van der Waals surface area contributed by atoms with Gasteiger partial charge in [0.1, 0.15) is 5.75 Å². The molecule has 1 aromatic carbocycles. The lowest BCUT2D eigenvalue weighted by Crippen LogP contribution is -2.47. The highest BCUT2D eigenvalue weighted by atomic mass is 19.3. The number of carbonyl (C=O) groups is 1. The predicted molar refractivity (Wildman–Crippen MR) is 84.9 cm³/mol. The van der Waals surface area contributed by atoms with Crippen molar-refractivity contribution >= 4 is 5.91 Å². The Hall–Kier alpha value is -2.50. The van der Waals surface area contributed by atoms with E-state index in [2.05, 4.69) is 10.3 Å². The summed E-state index contributed by atoms with van der Waals surface area (Å²) < 4.78 is 32.0. The van der Waals surface area contributed by atoms with Crippen molar-refractivity contribution in [1.82, 2.24) is 10.3 Å². The Morgan fingerprint density at radius 3 is 2.83 bits per heavy atom. The molecule has 0 radical (unpaired) electrons. The van der Waals surface area contributed by atoms with Crippen LogP contribution >= 0.6 is 0 Å². The third-order valence-electron chi connectivity index (χ3n) is 4.05. The first-order valence-electron chi connectivity index (χ1n) is 7.77. The lowest BCUT2D eigenvalue weighted by molar-refractivity contribution is -0.133. The first kappa shape index (κ1) is 16.4. The second-order valence-electron chi connectivity index (χ2n) is 5.82. The van der Waals surface area contributed by atoms with Gasteiger partial charge in [-0.2, -0.15) is 0 Å². The third-order valence-corrected chi connectivity index (χ3v) is 4.05. The van der Waals surface area contributed by atoms with E-state index in [9.17, 15) is 13.6 Å². The van der Waals surface area contributed by atoms with Crippen LogP contribution in [0.3, 0.4) is 0 Å². The molecule has 0 unspecified atom stereocenters. The molecule has 0 spiro atoms. The van der Waals surface area contributed by atoms with Gasteiger partial charge in [-0.3, -0.25) is 9.78 Å². The molecule has 0 aliphatic carbocycles. The summed E-state index contributed by atoms with van der Waals surface area (Å²) in [5, 5.41) is 2.70. The van der Waals surface area contributed by atoms with Gasteiger partial charge < -0.3 is 10.1 Å². The fourth-order valence-electron chi connectivity index (χ4n) is 2.84. The maximum atomic E-state index is 13.3. The van der Waals surface area contributed by atoms with E-state index in [4.69, 9.17) is 4.74 Å². The van der Waals surface area contributed by atoms with E-state index in [1.807, 2.05) is 19.1 Å². The number of hydrogen-bond donors (Lipinski definition) is 1. The topological polar surface area (TPSA) is 51.2 Å². The summed E-state index contributed by atoms with van der Waals surface area (Å²) in [5.74, 6) is -0.949. The quantitative estimate of drug-likeness (QED) is 0.937. The molecule has 126 valence electrons. The monoisotopic (exact) mass is 332 g/mol. The van der Waals surface area contributed by atoms with Crippen LogP contribution in [0.15, 0.2) is 42.5 Å². The number of para-hydroxylation sites is 1. The summed E-state index contributed by atoms with van der Waals surface area (Å²) in [7, 11) is 0. The zero-order valence-corrected chi connectivity index (χ0v) is 13.2. The van der Waals surface area contributed by atoms with Crippen molar-refractivity contribution in [3.05, 3.63) is 59.4 Å². The van der Waals surface area contributed by atoms with Gasteiger partial charge in [-0.05, 0) is 37.1 Å². The number of benzene rings is 1. The van der Waals surface area contributed by atoms with Crippen molar-refractivity contribution in [3.63, 3.8) is 0 Å². The van der Waals surface area contributed by atoms with Crippen molar-refractivity contribution in [3.8, 4) is 5.75 Å². The molecule has 0 fully saturated rings. The number of rotatable bonds is 4. The van der Waals surface area contributed by atoms with Crippen LogP contribution in [-0.4, -0.2) is 23.4 Å². The number of amides is 1. The standard InChI is InChI=1S/C18H18F2N2O2/c1-11-5-4-7-13(22-11)10-21-18(23)14-9-12-6-2-3-8-15(12)24-16(14)17(19)20/h2-8,14,16-17H,9-10H2,1H3,(H,21,23)/t14-,16-/m1/s1. The molecule has 2 atom stereocenters. The number of alkyl halides is 2. The van der Waals surface area contributed by atoms with Gasteiger partial charge >= 0.3 is 0 Å². The summed E-state index contributed by atoms with van der Waals surface area (Å²) >= 11 is 0. The Morgan fingerprint density at radius 1 is 1.29 bits per heavy atom. The average Bonchev–Trinajstić information content (AvgIpc) is 2.58. The van der Waals surface area contributed by atoms with Crippen molar-refractivity contribution in [2.24, 2.45) is 5.92 Å². The van der Waals surface area contributed by atoms with Crippen LogP contribution in [0.25, 0.3) is 0 Å². The summed E-state index contributed by atoms with van der Waals surface area (Å²) in [5.41, 5.74) is 2.29. The van der Waals surface area contributed by atoms with Crippen molar-refractivity contribution in [2.75, 3.05) is 0 Å². The van der Waals surface area contributed by atoms with Gasteiger partial charge in [-0.1, -0.05) is 24.3 Å². The minimum Gasteiger partial charge on any atom is -0.483 e. The maximum absolute atomic E-state index is 13.3. The van der Waals surface area contributed by atoms with Crippen LogP contribution < -0.4 is 10.1 Å². The van der Waals surface area contributed by atoms with Gasteiger partial charge in [0.25, 0.3) is 6.43 Å².